The van der Waals surface area contributed by atoms with Crippen LogP contribution in [0.3, 0.4) is 0 Å². The van der Waals surface area contributed by atoms with Crippen LogP contribution in [0.4, 0.5) is 0 Å². The minimum absolute atomic E-state index is 0. The number of aryl methyl sites for hydroxylation is 1. The van der Waals surface area contributed by atoms with E-state index >= 15 is 0 Å². The van der Waals surface area contributed by atoms with Crippen LogP contribution >= 0.6 is 20.8 Å². The molecule has 1 unspecified atom stereocenters. The maximum Gasteiger partial charge on any atom is 0 e. The van der Waals surface area contributed by atoms with Gasteiger partial charge in [0.25, 0.3) is 0 Å². The number of hydrogen-bond acceptors (Lipinski definition) is 0. The Labute approximate surface area is 95.9 Å². The second-order valence-electron chi connectivity index (χ2n) is 2.10. The molecule has 0 saturated heterocycles. The van der Waals surface area contributed by atoms with Crippen molar-refractivity contribution in [3.05, 3.63) is 36.2 Å². The molecule has 1 atom stereocenters. The molecule has 0 spiro atoms. The Morgan fingerprint density at radius 3 is 2.33 bits per heavy atom. The molecule has 3 heteroatoms. The van der Waals surface area contributed by atoms with Gasteiger partial charge >= 0.3 is 0 Å². The summed E-state index contributed by atoms with van der Waals surface area (Å²) in [7, 11) is 2.69. The normalized spacial score (nSPS) is 7.67. The van der Waals surface area contributed by atoms with Crippen LogP contribution in [0.2, 0.25) is 0 Å². The van der Waals surface area contributed by atoms with Crippen molar-refractivity contribution in [3.63, 3.8) is 0 Å². The predicted octanol–water partition coefficient (Wildman–Crippen LogP) is 2.76. The summed E-state index contributed by atoms with van der Waals surface area (Å²) in [5, 5.41) is 1.27. The van der Waals surface area contributed by atoms with E-state index in [0.717, 1.165) is 6.42 Å². The summed E-state index contributed by atoms with van der Waals surface area (Å²) < 4.78 is 0. The minimum Gasteiger partial charge on any atom is -0.352 e. The molecule has 1 rings (SSSR count). The summed E-state index contributed by atoms with van der Waals surface area (Å²) in [5.74, 6) is 0. The fourth-order valence-electron chi connectivity index (χ4n) is 0.813. The van der Waals surface area contributed by atoms with E-state index in [-0.39, 0.29) is 20.4 Å². The smallest absolute Gasteiger partial charge is 0 e. The van der Waals surface area contributed by atoms with Crippen LogP contribution in [0.15, 0.2) is 24.3 Å². The zero-order valence-electron chi connectivity index (χ0n) is 7.00. The van der Waals surface area contributed by atoms with Crippen molar-refractivity contribution < 1.29 is 20.4 Å². The van der Waals surface area contributed by atoms with Gasteiger partial charge in [-0.2, -0.15) is 0 Å². The van der Waals surface area contributed by atoms with Crippen molar-refractivity contribution in [2.75, 3.05) is 0 Å². The second-order valence-corrected chi connectivity index (χ2v) is 2.77. The second kappa shape index (κ2) is 9.69. The molecule has 72 valence electrons. The minimum atomic E-state index is 0. The van der Waals surface area contributed by atoms with Gasteiger partial charge in [-0.15, -0.1) is 9.24 Å². The molecule has 0 fully saturated rings. The van der Waals surface area contributed by atoms with E-state index in [2.05, 4.69) is 58.4 Å². The van der Waals surface area contributed by atoms with E-state index in [1.54, 1.807) is 0 Å². The molecule has 1 aromatic rings. The van der Waals surface area contributed by atoms with Crippen molar-refractivity contribution in [2.24, 2.45) is 0 Å². The Kier molecular flexibility index (Phi) is 12.2. The van der Waals surface area contributed by atoms with Crippen LogP contribution in [0.25, 0.3) is 0 Å². The van der Waals surface area contributed by atoms with E-state index in [0.29, 0.717) is 0 Å². The van der Waals surface area contributed by atoms with Crippen molar-refractivity contribution >= 4 is 26.1 Å². The van der Waals surface area contributed by atoms with E-state index < -0.39 is 0 Å². The van der Waals surface area contributed by atoms with E-state index in [4.69, 9.17) is 0 Å². The Morgan fingerprint density at radius 2 is 2.00 bits per heavy atom. The Hall–Kier alpha value is 0.602. The number of halogens is 1. The first-order valence-corrected chi connectivity index (χ1v) is 4.55. The average molecular weight is 294 g/mol. The summed E-state index contributed by atoms with van der Waals surface area (Å²) in [6, 6.07) is 8.50. The molecule has 0 saturated carbocycles. The van der Waals surface area contributed by atoms with Crippen LogP contribution in [-0.2, 0) is 26.8 Å². The van der Waals surface area contributed by atoms with Crippen LogP contribution in [-0.4, -0.2) is 0 Å². The molecular formula is C9H13ClPPd-. The molecule has 12 heavy (non-hydrogen) atoms. The number of hydrogen-bond donors (Lipinski definition) is 0. The van der Waals surface area contributed by atoms with Gasteiger partial charge < -0.3 is 11.6 Å². The monoisotopic (exact) mass is 293 g/mol. The Morgan fingerprint density at radius 1 is 1.42 bits per heavy atom. The van der Waals surface area contributed by atoms with Gasteiger partial charge in [-0.25, -0.2) is 0 Å². The fourth-order valence-corrected chi connectivity index (χ4v) is 1.14. The zero-order valence-corrected chi connectivity index (χ0v) is 10.5. The Balaban J connectivity index is 0. The summed E-state index contributed by atoms with van der Waals surface area (Å²) in [5.41, 5.74) is 1.41. The largest absolute Gasteiger partial charge is 0.352 e. The first-order valence-electron chi connectivity index (χ1n) is 3.44. The summed E-state index contributed by atoms with van der Waals surface area (Å²) in [6.07, 6.45) is 3.85. The van der Waals surface area contributed by atoms with Gasteiger partial charge in [0.2, 0.25) is 0 Å². The van der Waals surface area contributed by atoms with Crippen LogP contribution < -0.4 is 5.30 Å². The topological polar surface area (TPSA) is 0 Å². The van der Waals surface area contributed by atoms with E-state index in [1.807, 2.05) is 0 Å². The summed E-state index contributed by atoms with van der Waals surface area (Å²) >= 11 is 4.39. The zero-order chi connectivity index (χ0) is 8.69. The summed E-state index contributed by atoms with van der Waals surface area (Å²) in [6.45, 7) is 2.17. The molecule has 0 aliphatic heterocycles. The molecule has 1 aromatic carbocycles. The van der Waals surface area contributed by atoms with Gasteiger partial charge in [0, 0.05) is 20.4 Å². The standard InChI is InChI=1S/C8H11P.CH2Cl.Pd/c1-2-7-4-3-5-8(9)6-7;1-2;/h3-6H,2,9H2,1H3;1H2;/q;-1;. The molecule has 0 radical (unpaired) electrons. The molecule has 0 heterocycles. The van der Waals surface area contributed by atoms with Gasteiger partial charge in [0.1, 0.15) is 0 Å². The number of benzene rings is 1. The van der Waals surface area contributed by atoms with Gasteiger partial charge in [0.15, 0.2) is 0 Å². The Bertz CT molecular complexity index is 203. The SMILES string of the molecule is CCc1cccc(P)c1.[CH2-]Cl.[Pd]. The van der Waals surface area contributed by atoms with Gasteiger partial charge in [0.05, 0.1) is 0 Å². The molecule has 0 aromatic heterocycles. The van der Waals surface area contributed by atoms with E-state index in [1.165, 1.54) is 10.9 Å². The van der Waals surface area contributed by atoms with Crippen molar-refractivity contribution in [1.82, 2.24) is 0 Å². The maximum absolute atomic E-state index is 4.39. The molecular weight excluding hydrogens is 281 g/mol. The molecule has 0 N–H and O–H groups in total. The molecule has 0 aliphatic carbocycles. The summed E-state index contributed by atoms with van der Waals surface area (Å²) in [4.78, 5) is 0. The van der Waals surface area contributed by atoms with Crippen molar-refractivity contribution in [1.29, 1.82) is 0 Å². The fraction of sp³-hybridized carbons (Fsp3) is 0.222. The van der Waals surface area contributed by atoms with Crippen LogP contribution in [0, 0.1) is 6.38 Å². The molecule has 0 aliphatic rings. The van der Waals surface area contributed by atoms with Crippen LogP contribution in [0.5, 0.6) is 0 Å². The average Bonchev–Trinajstić information content (AvgIpc) is 2.08. The molecule has 0 amide bonds. The van der Waals surface area contributed by atoms with Gasteiger partial charge in [-0.05, 0) is 17.3 Å². The third-order valence-corrected chi connectivity index (χ3v) is 1.72. The first-order chi connectivity index (χ1) is 5.33. The molecule has 0 bridgehead atoms. The van der Waals surface area contributed by atoms with Gasteiger partial charge in [-0.3, -0.25) is 6.38 Å². The van der Waals surface area contributed by atoms with Crippen molar-refractivity contribution in [3.8, 4) is 0 Å². The quantitative estimate of drug-likeness (QED) is 0.424. The first kappa shape index (κ1) is 15.1. The van der Waals surface area contributed by atoms with Crippen molar-refractivity contribution in [2.45, 2.75) is 13.3 Å². The number of rotatable bonds is 1. The third-order valence-electron chi connectivity index (χ3n) is 1.36. The maximum atomic E-state index is 4.39. The van der Waals surface area contributed by atoms with Gasteiger partial charge in [-0.1, -0.05) is 31.2 Å². The van der Waals surface area contributed by atoms with Crippen LogP contribution in [0.1, 0.15) is 12.5 Å². The third kappa shape index (κ3) is 6.16. The van der Waals surface area contributed by atoms with E-state index in [9.17, 15) is 0 Å². The molecule has 0 nitrogen and oxygen atoms in total. The predicted molar refractivity (Wildman–Crippen MR) is 56.4 cm³/mol.